The van der Waals surface area contributed by atoms with Crippen LogP contribution in [0.15, 0.2) is 47.3 Å². The van der Waals surface area contributed by atoms with E-state index in [4.69, 9.17) is 0 Å². The molecule has 1 aromatic heterocycles. The number of carbonyl (C=O) groups is 1. The smallest absolute Gasteiger partial charge is 0.272 e. The van der Waals surface area contributed by atoms with Gasteiger partial charge in [-0.25, -0.2) is 13.8 Å². The SMILES string of the molecule is Cc1nc2ccccc2n(CC(=O)Nc2ccc(F)c(F)c2)c1=O. The van der Waals surface area contributed by atoms with Gasteiger partial charge in [-0.15, -0.1) is 0 Å². The number of rotatable bonds is 3. The third-order valence-corrected chi connectivity index (χ3v) is 3.52. The molecule has 1 heterocycles. The zero-order valence-electron chi connectivity index (χ0n) is 12.7. The molecule has 0 radical (unpaired) electrons. The Kier molecular flexibility index (Phi) is 4.07. The first-order valence-corrected chi connectivity index (χ1v) is 7.17. The number of aromatic nitrogens is 2. The monoisotopic (exact) mass is 329 g/mol. The van der Waals surface area contributed by atoms with Crippen LogP contribution in [0.25, 0.3) is 11.0 Å². The van der Waals surface area contributed by atoms with Gasteiger partial charge in [0.15, 0.2) is 11.6 Å². The molecule has 0 aliphatic heterocycles. The quantitative estimate of drug-likeness (QED) is 0.803. The third kappa shape index (κ3) is 3.01. The van der Waals surface area contributed by atoms with E-state index < -0.39 is 17.5 Å². The maximum absolute atomic E-state index is 13.2. The number of benzene rings is 2. The van der Waals surface area contributed by atoms with E-state index in [1.54, 1.807) is 31.2 Å². The Balaban J connectivity index is 1.92. The summed E-state index contributed by atoms with van der Waals surface area (Å²) >= 11 is 0. The number of para-hydroxylation sites is 2. The molecular weight excluding hydrogens is 316 g/mol. The Labute approximate surface area is 135 Å². The summed E-state index contributed by atoms with van der Waals surface area (Å²) in [6.07, 6.45) is 0. The van der Waals surface area contributed by atoms with Gasteiger partial charge in [-0.05, 0) is 31.2 Å². The molecule has 122 valence electrons. The zero-order valence-corrected chi connectivity index (χ0v) is 12.7. The number of amides is 1. The van der Waals surface area contributed by atoms with E-state index in [1.807, 2.05) is 0 Å². The molecule has 0 aliphatic rings. The van der Waals surface area contributed by atoms with Crippen molar-refractivity contribution in [3.8, 4) is 0 Å². The normalized spacial score (nSPS) is 10.8. The van der Waals surface area contributed by atoms with Gasteiger partial charge in [-0.2, -0.15) is 0 Å². The minimum atomic E-state index is -1.06. The number of carbonyl (C=O) groups excluding carboxylic acids is 1. The first-order valence-electron chi connectivity index (χ1n) is 7.17. The molecule has 0 bridgehead atoms. The summed E-state index contributed by atoms with van der Waals surface area (Å²) in [5.74, 6) is -2.59. The summed E-state index contributed by atoms with van der Waals surface area (Å²) in [6, 6.07) is 10.00. The highest BCUT2D eigenvalue weighted by Gasteiger charge is 2.12. The fourth-order valence-electron chi connectivity index (χ4n) is 2.40. The van der Waals surface area contributed by atoms with Crippen molar-refractivity contribution in [1.82, 2.24) is 9.55 Å². The minimum absolute atomic E-state index is 0.113. The van der Waals surface area contributed by atoms with Gasteiger partial charge in [0.25, 0.3) is 5.56 Å². The van der Waals surface area contributed by atoms with Crippen molar-refractivity contribution >= 4 is 22.6 Å². The maximum Gasteiger partial charge on any atom is 0.272 e. The van der Waals surface area contributed by atoms with Gasteiger partial charge >= 0.3 is 0 Å². The molecule has 0 atom stereocenters. The van der Waals surface area contributed by atoms with Crippen LogP contribution in [0.1, 0.15) is 5.69 Å². The Morgan fingerprint density at radius 3 is 2.67 bits per heavy atom. The molecule has 0 saturated carbocycles. The van der Waals surface area contributed by atoms with Gasteiger partial charge in [0, 0.05) is 11.8 Å². The van der Waals surface area contributed by atoms with Crippen molar-refractivity contribution in [3.63, 3.8) is 0 Å². The Morgan fingerprint density at radius 1 is 1.17 bits per heavy atom. The first kappa shape index (κ1) is 15.8. The molecule has 1 amide bonds. The van der Waals surface area contributed by atoms with Crippen LogP contribution >= 0.6 is 0 Å². The average Bonchev–Trinajstić information content (AvgIpc) is 2.55. The van der Waals surface area contributed by atoms with Crippen molar-refractivity contribution in [1.29, 1.82) is 0 Å². The molecule has 7 heteroatoms. The molecule has 5 nitrogen and oxygen atoms in total. The third-order valence-electron chi connectivity index (χ3n) is 3.52. The van der Waals surface area contributed by atoms with Crippen molar-refractivity contribution in [2.45, 2.75) is 13.5 Å². The molecule has 0 fully saturated rings. The highest BCUT2D eigenvalue weighted by atomic mass is 19.2. The topological polar surface area (TPSA) is 64.0 Å². The number of nitrogens with one attached hydrogen (secondary N) is 1. The highest BCUT2D eigenvalue weighted by Crippen LogP contribution is 2.14. The summed E-state index contributed by atoms with van der Waals surface area (Å²) in [5, 5.41) is 2.44. The Morgan fingerprint density at radius 2 is 1.92 bits per heavy atom. The summed E-state index contributed by atoms with van der Waals surface area (Å²) in [5.41, 5.74) is 1.12. The molecule has 1 N–H and O–H groups in total. The van der Waals surface area contributed by atoms with Crippen molar-refractivity contribution in [3.05, 3.63) is 70.1 Å². The second-order valence-corrected chi connectivity index (χ2v) is 5.25. The van der Waals surface area contributed by atoms with Crippen LogP contribution in [-0.2, 0) is 11.3 Å². The largest absolute Gasteiger partial charge is 0.324 e. The predicted molar refractivity (Wildman–Crippen MR) is 85.7 cm³/mol. The number of hydrogen-bond acceptors (Lipinski definition) is 3. The molecule has 0 aliphatic carbocycles. The number of anilines is 1. The van der Waals surface area contributed by atoms with E-state index in [0.29, 0.717) is 11.0 Å². The lowest BCUT2D eigenvalue weighted by atomic mass is 10.2. The first-order chi connectivity index (χ1) is 11.5. The second kappa shape index (κ2) is 6.19. The van der Waals surface area contributed by atoms with Crippen LogP contribution in [0.4, 0.5) is 14.5 Å². The lowest BCUT2D eigenvalue weighted by Crippen LogP contribution is -2.30. The molecular formula is C17H13F2N3O2. The molecule has 2 aromatic carbocycles. The standard InChI is InChI=1S/C17H13F2N3O2/c1-10-17(24)22(15-5-3-2-4-14(15)20-10)9-16(23)21-11-6-7-12(18)13(19)8-11/h2-8H,9H2,1H3,(H,21,23). The van der Waals surface area contributed by atoms with Gasteiger partial charge < -0.3 is 5.32 Å². The molecule has 3 aromatic rings. The summed E-state index contributed by atoms with van der Waals surface area (Å²) < 4.78 is 27.4. The van der Waals surface area contributed by atoms with E-state index in [-0.39, 0.29) is 23.5 Å². The van der Waals surface area contributed by atoms with Crippen molar-refractivity contribution < 1.29 is 13.6 Å². The lowest BCUT2D eigenvalue weighted by Gasteiger charge is -2.11. The fraction of sp³-hybridized carbons (Fsp3) is 0.118. The van der Waals surface area contributed by atoms with Crippen molar-refractivity contribution in [2.75, 3.05) is 5.32 Å². The molecule has 0 spiro atoms. The van der Waals surface area contributed by atoms with Gasteiger partial charge in [-0.3, -0.25) is 14.2 Å². The Bertz CT molecular complexity index is 999. The minimum Gasteiger partial charge on any atom is -0.324 e. The van der Waals surface area contributed by atoms with Gasteiger partial charge in [-0.1, -0.05) is 12.1 Å². The van der Waals surface area contributed by atoms with E-state index in [9.17, 15) is 18.4 Å². The van der Waals surface area contributed by atoms with Crippen molar-refractivity contribution in [2.24, 2.45) is 0 Å². The van der Waals surface area contributed by atoms with Crippen LogP contribution in [0.2, 0.25) is 0 Å². The van der Waals surface area contributed by atoms with E-state index in [2.05, 4.69) is 10.3 Å². The zero-order chi connectivity index (χ0) is 17.3. The van der Waals surface area contributed by atoms with Gasteiger partial charge in [0.05, 0.1) is 11.0 Å². The molecule has 0 saturated heterocycles. The number of hydrogen-bond donors (Lipinski definition) is 1. The number of halogens is 2. The van der Waals surface area contributed by atoms with E-state index in [1.165, 1.54) is 10.6 Å². The average molecular weight is 329 g/mol. The maximum atomic E-state index is 13.2. The summed E-state index contributed by atoms with van der Waals surface area (Å²) in [7, 11) is 0. The van der Waals surface area contributed by atoms with E-state index in [0.717, 1.165) is 12.1 Å². The molecule has 3 rings (SSSR count). The fourth-order valence-corrected chi connectivity index (χ4v) is 2.40. The Hall–Kier alpha value is -3.09. The summed E-state index contributed by atoms with van der Waals surface area (Å²) in [4.78, 5) is 28.7. The lowest BCUT2D eigenvalue weighted by molar-refractivity contribution is -0.116. The number of aryl methyl sites for hydroxylation is 1. The van der Waals surface area contributed by atoms with Gasteiger partial charge in [0.1, 0.15) is 12.2 Å². The predicted octanol–water partition coefficient (Wildman–Crippen LogP) is 2.62. The molecule has 24 heavy (non-hydrogen) atoms. The van der Waals surface area contributed by atoms with Gasteiger partial charge in [0.2, 0.25) is 5.91 Å². The van der Waals surface area contributed by atoms with Crippen LogP contribution in [-0.4, -0.2) is 15.5 Å². The highest BCUT2D eigenvalue weighted by molar-refractivity contribution is 5.91. The second-order valence-electron chi connectivity index (χ2n) is 5.25. The van der Waals surface area contributed by atoms with Crippen LogP contribution < -0.4 is 10.9 Å². The molecule has 0 unspecified atom stereocenters. The van der Waals surface area contributed by atoms with Crippen LogP contribution in [0, 0.1) is 18.6 Å². The summed E-state index contributed by atoms with van der Waals surface area (Å²) in [6.45, 7) is 1.31. The van der Waals surface area contributed by atoms with Crippen LogP contribution in [0.5, 0.6) is 0 Å². The number of fused-ring (bicyclic) bond motifs is 1. The van der Waals surface area contributed by atoms with Crippen LogP contribution in [0.3, 0.4) is 0 Å². The number of nitrogens with zero attached hydrogens (tertiary/aromatic N) is 2. The van der Waals surface area contributed by atoms with E-state index >= 15 is 0 Å².